The van der Waals surface area contributed by atoms with Crippen LogP contribution in [0.2, 0.25) is 0 Å². The molecule has 0 atom stereocenters. The van der Waals surface area contributed by atoms with Gasteiger partial charge in [0.25, 0.3) is 0 Å². The molecule has 1 fully saturated rings. The minimum absolute atomic E-state index is 0.273. The number of carbonyl (C=O) groups is 1. The van der Waals surface area contributed by atoms with E-state index in [4.69, 9.17) is 5.73 Å². The molecule has 0 saturated heterocycles. The van der Waals surface area contributed by atoms with E-state index in [0.717, 1.165) is 58.2 Å². The summed E-state index contributed by atoms with van der Waals surface area (Å²) >= 11 is 0. The summed E-state index contributed by atoms with van der Waals surface area (Å²) in [7, 11) is 0. The fourth-order valence-corrected chi connectivity index (χ4v) is 2.68. The summed E-state index contributed by atoms with van der Waals surface area (Å²) in [6.45, 7) is 6.83. The third kappa shape index (κ3) is 4.30. The lowest BCUT2D eigenvalue weighted by Crippen LogP contribution is -2.38. The highest BCUT2D eigenvalue weighted by Crippen LogP contribution is 2.29. The van der Waals surface area contributed by atoms with Crippen molar-refractivity contribution < 1.29 is 4.79 Å². The molecule has 0 aromatic heterocycles. The summed E-state index contributed by atoms with van der Waals surface area (Å²) in [4.78, 5) is 14.4. The van der Waals surface area contributed by atoms with E-state index in [-0.39, 0.29) is 5.92 Å². The fourth-order valence-electron chi connectivity index (χ4n) is 2.68. The Morgan fingerprint density at radius 1 is 1.24 bits per heavy atom. The Kier molecular flexibility index (Phi) is 6.56. The third-order valence-electron chi connectivity index (χ3n) is 4.00. The minimum atomic E-state index is 0.273. The second-order valence-electron chi connectivity index (χ2n) is 5.22. The molecule has 0 aromatic rings. The second-order valence-corrected chi connectivity index (χ2v) is 5.22. The van der Waals surface area contributed by atoms with Crippen LogP contribution in [0.5, 0.6) is 0 Å². The van der Waals surface area contributed by atoms with Gasteiger partial charge in [0.05, 0.1) is 0 Å². The first-order valence-electron chi connectivity index (χ1n) is 7.21. The van der Waals surface area contributed by atoms with Crippen molar-refractivity contribution in [2.75, 3.05) is 19.6 Å². The maximum absolute atomic E-state index is 12.3. The molecule has 0 aromatic carbocycles. The van der Waals surface area contributed by atoms with Gasteiger partial charge in [0, 0.05) is 19.0 Å². The molecule has 1 amide bonds. The first-order valence-corrected chi connectivity index (χ1v) is 7.21. The number of hydrogen-bond acceptors (Lipinski definition) is 2. The molecule has 0 bridgehead atoms. The summed E-state index contributed by atoms with van der Waals surface area (Å²) in [5, 5.41) is 0. The maximum atomic E-state index is 12.3. The van der Waals surface area contributed by atoms with Gasteiger partial charge in [-0.2, -0.15) is 0 Å². The quantitative estimate of drug-likeness (QED) is 0.775. The van der Waals surface area contributed by atoms with E-state index in [2.05, 4.69) is 13.8 Å². The molecule has 0 heterocycles. The van der Waals surface area contributed by atoms with Gasteiger partial charge >= 0.3 is 0 Å². The first kappa shape index (κ1) is 14.5. The first-order chi connectivity index (χ1) is 8.22. The summed E-state index contributed by atoms with van der Waals surface area (Å²) in [6, 6.07) is 0. The van der Waals surface area contributed by atoms with Gasteiger partial charge in [-0.05, 0) is 51.5 Å². The monoisotopic (exact) mass is 240 g/mol. The van der Waals surface area contributed by atoms with Crippen molar-refractivity contribution in [3.05, 3.63) is 0 Å². The normalized spacial score (nSPS) is 24.6. The van der Waals surface area contributed by atoms with Crippen molar-refractivity contribution in [3.8, 4) is 0 Å². The van der Waals surface area contributed by atoms with Gasteiger partial charge in [0.15, 0.2) is 0 Å². The standard InChI is InChI=1S/C14H28N2O/c1-3-5-10-16(4-2)14(17)13-8-6-12(11-15)7-9-13/h12-13H,3-11,15H2,1-2H3. The predicted octanol–water partition coefficient (Wildman–Crippen LogP) is 2.40. The molecule has 1 aliphatic carbocycles. The molecule has 3 nitrogen and oxygen atoms in total. The van der Waals surface area contributed by atoms with Crippen LogP contribution in [-0.4, -0.2) is 30.4 Å². The Labute approximate surface area is 106 Å². The predicted molar refractivity (Wildman–Crippen MR) is 71.7 cm³/mol. The van der Waals surface area contributed by atoms with Gasteiger partial charge < -0.3 is 10.6 Å². The van der Waals surface area contributed by atoms with Gasteiger partial charge in [-0.15, -0.1) is 0 Å². The lowest BCUT2D eigenvalue weighted by molar-refractivity contribution is -0.136. The van der Waals surface area contributed by atoms with Gasteiger partial charge in [-0.1, -0.05) is 13.3 Å². The van der Waals surface area contributed by atoms with E-state index < -0.39 is 0 Å². The van der Waals surface area contributed by atoms with Crippen LogP contribution in [0.25, 0.3) is 0 Å². The number of carbonyl (C=O) groups excluding carboxylic acids is 1. The van der Waals surface area contributed by atoms with Gasteiger partial charge in [0.2, 0.25) is 5.91 Å². The molecule has 3 heteroatoms. The number of nitrogens with two attached hydrogens (primary N) is 1. The molecule has 1 rings (SSSR count). The fraction of sp³-hybridized carbons (Fsp3) is 0.929. The van der Waals surface area contributed by atoms with Crippen molar-refractivity contribution in [1.29, 1.82) is 0 Å². The summed E-state index contributed by atoms with van der Waals surface area (Å²) in [5.41, 5.74) is 5.68. The van der Waals surface area contributed by atoms with E-state index in [0.29, 0.717) is 11.8 Å². The number of hydrogen-bond donors (Lipinski definition) is 1. The van der Waals surface area contributed by atoms with Crippen LogP contribution in [0.3, 0.4) is 0 Å². The maximum Gasteiger partial charge on any atom is 0.225 e. The molecular weight excluding hydrogens is 212 g/mol. The van der Waals surface area contributed by atoms with Crippen molar-refractivity contribution in [2.45, 2.75) is 52.4 Å². The molecule has 100 valence electrons. The van der Waals surface area contributed by atoms with Crippen molar-refractivity contribution in [1.82, 2.24) is 4.90 Å². The highest BCUT2D eigenvalue weighted by atomic mass is 16.2. The number of rotatable bonds is 6. The van der Waals surface area contributed by atoms with Crippen molar-refractivity contribution >= 4 is 5.91 Å². The van der Waals surface area contributed by atoms with E-state index in [1.807, 2.05) is 4.90 Å². The van der Waals surface area contributed by atoms with Crippen LogP contribution in [0, 0.1) is 11.8 Å². The molecule has 1 saturated carbocycles. The molecular formula is C14H28N2O. The highest BCUT2D eigenvalue weighted by molar-refractivity contribution is 5.78. The molecule has 0 radical (unpaired) electrons. The molecule has 1 aliphatic rings. The minimum Gasteiger partial charge on any atom is -0.343 e. The topological polar surface area (TPSA) is 46.3 Å². The van der Waals surface area contributed by atoms with Crippen LogP contribution >= 0.6 is 0 Å². The van der Waals surface area contributed by atoms with E-state index in [1.54, 1.807) is 0 Å². The SMILES string of the molecule is CCCCN(CC)C(=O)C1CCC(CN)CC1. The molecule has 17 heavy (non-hydrogen) atoms. The van der Waals surface area contributed by atoms with Gasteiger partial charge in [-0.3, -0.25) is 4.79 Å². The lowest BCUT2D eigenvalue weighted by Gasteiger charge is -2.31. The lowest BCUT2D eigenvalue weighted by atomic mass is 9.81. The largest absolute Gasteiger partial charge is 0.343 e. The van der Waals surface area contributed by atoms with Crippen molar-refractivity contribution in [3.63, 3.8) is 0 Å². The van der Waals surface area contributed by atoms with E-state index in [9.17, 15) is 4.79 Å². The Hall–Kier alpha value is -0.570. The van der Waals surface area contributed by atoms with E-state index >= 15 is 0 Å². The molecule has 0 aliphatic heterocycles. The van der Waals surface area contributed by atoms with Gasteiger partial charge in [-0.25, -0.2) is 0 Å². The Morgan fingerprint density at radius 3 is 2.35 bits per heavy atom. The van der Waals surface area contributed by atoms with Crippen LogP contribution in [-0.2, 0) is 4.79 Å². The average molecular weight is 240 g/mol. The second kappa shape index (κ2) is 7.70. The molecule has 0 spiro atoms. The Balaban J connectivity index is 2.40. The van der Waals surface area contributed by atoms with Crippen LogP contribution in [0.15, 0.2) is 0 Å². The zero-order chi connectivity index (χ0) is 12.7. The number of amides is 1. The third-order valence-corrected chi connectivity index (χ3v) is 4.00. The molecule has 2 N–H and O–H groups in total. The zero-order valence-corrected chi connectivity index (χ0v) is 11.5. The van der Waals surface area contributed by atoms with Crippen LogP contribution in [0.1, 0.15) is 52.4 Å². The van der Waals surface area contributed by atoms with Gasteiger partial charge in [0.1, 0.15) is 0 Å². The van der Waals surface area contributed by atoms with Crippen molar-refractivity contribution in [2.24, 2.45) is 17.6 Å². The Bertz CT molecular complexity index is 222. The smallest absolute Gasteiger partial charge is 0.225 e. The number of unbranched alkanes of at least 4 members (excludes halogenated alkanes) is 1. The van der Waals surface area contributed by atoms with E-state index in [1.165, 1.54) is 0 Å². The zero-order valence-electron chi connectivity index (χ0n) is 11.5. The summed E-state index contributed by atoms with van der Waals surface area (Å²) < 4.78 is 0. The highest BCUT2D eigenvalue weighted by Gasteiger charge is 2.28. The summed E-state index contributed by atoms with van der Waals surface area (Å²) in [5.74, 6) is 1.32. The molecule has 0 unspecified atom stereocenters. The van der Waals surface area contributed by atoms with Crippen LogP contribution in [0.4, 0.5) is 0 Å². The van der Waals surface area contributed by atoms with Crippen LogP contribution < -0.4 is 5.73 Å². The summed E-state index contributed by atoms with van der Waals surface area (Å²) in [6.07, 6.45) is 6.64. The average Bonchev–Trinajstić information content (AvgIpc) is 2.39. The Morgan fingerprint density at radius 2 is 1.88 bits per heavy atom. The number of nitrogens with zero attached hydrogens (tertiary/aromatic N) is 1.